The highest BCUT2D eigenvalue weighted by Crippen LogP contribution is 2.19. The van der Waals surface area contributed by atoms with Crippen molar-refractivity contribution in [2.45, 2.75) is 27.3 Å². The van der Waals surface area contributed by atoms with Gasteiger partial charge in [-0.05, 0) is 51.1 Å². The molecule has 0 aliphatic carbocycles. The molecule has 0 unspecified atom stereocenters. The van der Waals surface area contributed by atoms with Gasteiger partial charge in [-0.15, -0.1) is 0 Å². The van der Waals surface area contributed by atoms with Crippen molar-refractivity contribution >= 4 is 11.6 Å². The number of hydrogen-bond donors (Lipinski definition) is 1. The lowest BCUT2D eigenvalue weighted by Gasteiger charge is -2.08. The molecule has 23 heavy (non-hydrogen) atoms. The van der Waals surface area contributed by atoms with Crippen LogP contribution in [0.1, 0.15) is 33.1 Å². The minimum absolute atomic E-state index is 0.0901. The first kappa shape index (κ1) is 15.2. The summed E-state index contributed by atoms with van der Waals surface area (Å²) >= 11 is 0. The van der Waals surface area contributed by atoms with Gasteiger partial charge in [0, 0.05) is 17.1 Å². The maximum atomic E-state index is 12.5. The molecule has 2 aromatic heterocycles. The van der Waals surface area contributed by atoms with Crippen LogP contribution in [0.25, 0.3) is 0 Å². The Kier molecular flexibility index (Phi) is 4.06. The van der Waals surface area contributed by atoms with Crippen LogP contribution in [0.5, 0.6) is 0 Å². The average molecular weight is 308 g/mol. The van der Waals surface area contributed by atoms with Crippen LogP contribution < -0.4 is 5.32 Å². The quantitative estimate of drug-likeness (QED) is 0.781. The largest absolute Gasteiger partial charge is 0.467 e. The molecule has 0 saturated heterocycles. The molecule has 0 fully saturated rings. The number of nitrogens with one attached hydrogen (secondary N) is 1. The molecule has 4 nitrogen and oxygen atoms in total. The fourth-order valence-corrected chi connectivity index (χ4v) is 2.67. The highest BCUT2D eigenvalue weighted by Gasteiger charge is 2.16. The number of aromatic nitrogens is 1. The molecule has 0 radical (unpaired) electrons. The van der Waals surface area contributed by atoms with Crippen LogP contribution >= 0.6 is 0 Å². The molecule has 2 heterocycles. The molecule has 0 aliphatic heterocycles. The summed E-state index contributed by atoms with van der Waals surface area (Å²) in [7, 11) is 0. The van der Waals surface area contributed by atoms with E-state index < -0.39 is 0 Å². The third-order valence-corrected chi connectivity index (χ3v) is 4.02. The minimum Gasteiger partial charge on any atom is -0.467 e. The molecule has 3 rings (SSSR count). The Morgan fingerprint density at radius 2 is 1.87 bits per heavy atom. The predicted molar refractivity (Wildman–Crippen MR) is 90.8 cm³/mol. The number of nitrogens with zero attached hydrogens (tertiary/aromatic N) is 1. The lowest BCUT2D eigenvalue weighted by atomic mass is 10.2. The van der Waals surface area contributed by atoms with Gasteiger partial charge >= 0.3 is 0 Å². The highest BCUT2D eigenvalue weighted by atomic mass is 16.3. The number of amides is 1. The molecule has 1 aromatic carbocycles. The third-order valence-electron chi connectivity index (χ3n) is 4.02. The van der Waals surface area contributed by atoms with Crippen LogP contribution in [0.3, 0.4) is 0 Å². The summed E-state index contributed by atoms with van der Waals surface area (Å²) in [4.78, 5) is 12.5. The van der Waals surface area contributed by atoms with E-state index >= 15 is 0 Å². The first-order valence-electron chi connectivity index (χ1n) is 7.62. The number of carbonyl (C=O) groups is 1. The van der Waals surface area contributed by atoms with Gasteiger partial charge < -0.3 is 14.3 Å². The van der Waals surface area contributed by atoms with Crippen LogP contribution in [-0.2, 0) is 6.54 Å². The van der Waals surface area contributed by atoms with Gasteiger partial charge in [0.25, 0.3) is 5.91 Å². The second kappa shape index (κ2) is 6.16. The van der Waals surface area contributed by atoms with Gasteiger partial charge in [-0.1, -0.05) is 17.7 Å². The lowest BCUT2D eigenvalue weighted by Crippen LogP contribution is -2.13. The fraction of sp³-hybridized carbons (Fsp3) is 0.211. The van der Waals surface area contributed by atoms with Crippen molar-refractivity contribution in [2.75, 3.05) is 5.32 Å². The van der Waals surface area contributed by atoms with E-state index in [1.807, 2.05) is 63.2 Å². The number of hydrogen-bond acceptors (Lipinski definition) is 2. The maximum Gasteiger partial charge on any atom is 0.257 e. The Morgan fingerprint density at radius 1 is 1.13 bits per heavy atom. The summed E-state index contributed by atoms with van der Waals surface area (Å²) in [5.74, 6) is 0.782. The van der Waals surface area contributed by atoms with E-state index in [4.69, 9.17) is 4.42 Å². The summed E-state index contributed by atoms with van der Waals surface area (Å²) in [6.45, 7) is 6.61. The van der Waals surface area contributed by atoms with Crippen LogP contribution in [0.2, 0.25) is 0 Å². The third kappa shape index (κ3) is 3.21. The van der Waals surface area contributed by atoms with Gasteiger partial charge in [-0.3, -0.25) is 4.79 Å². The summed E-state index contributed by atoms with van der Waals surface area (Å²) in [5.41, 5.74) is 4.63. The molecule has 3 aromatic rings. The summed E-state index contributed by atoms with van der Waals surface area (Å²) < 4.78 is 7.49. The Bertz CT molecular complexity index is 812. The van der Waals surface area contributed by atoms with Crippen molar-refractivity contribution in [2.24, 2.45) is 0 Å². The predicted octanol–water partition coefficient (Wildman–Crippen LogP) is 4.31. The van der Waals surface area contributed by atoms with Gasteiger partial charge in [0.15, 0.2) is 0 Å². The van der Waals surface area contributed by atoms with Crippen molar-refractivity contribution in [1.29, 1.82) is 0 Å². The molecule has 0 bridgehead atoms. The number of carbonyl (C=O) groups excluding carboxylic acids is 1. The molecular formula is C19H20N2O2. The number of rotatable bonds is 4. The zero-order valence-electron chi connectivity index (χ0n) is 13.6. The Morgan fingerprint density at radius 3 is 2.52 bits per heavy atom. The van der Waals surface area contributed by atoms with Crippen molar-refractivity contribution in [3.8, 4) is 0 Å². The zero-order chi connectivity index (χ0) is 16.4. The van der Waals surface area contributed by atoms with E-state index in [0.29, 0.717) is 12.1 Å². The molecule has 4 heteroatoms. The maximum absolute atomic E-state index is 12.5. The Labute approximate surface area is 135 Å². The normalized spacial score (nSPS) is 10.7. The molecular weight excluding hydrogens is 288 g/mol. The zero-order valence-corrected chi connectivity index (χ0v) is 13.6. The fourth-order valence-electron chi connectivity index (χ4n) is 2.67. The Balaban J connectivity index is 1.82. The second-order valence-corrected chi connectivity index (χ2v) is 5.77. The lowest BCUT2D eigenvalue weighted by molar-refractivity contribution is 0.102. The van der Waals surface area contributed by atoms with Crippen LogP contribution in [0.4, 0.5) is 5.69 Å². The summed E-state index contributed by atoms with van der Waals surface area (Å²) in [6.07, 6.45) is 1.66. The number of benzene rings is 1. The van der Waals surface area contributed by atoms with Gasteiger partial charge in [-0.25, -0.2) is 0 Å². The Hall–Kier alpha value is -2.75. The molecule has 1 N–H and O–H groups in total. The minimum atomic E-state index is -0.0901. The van der Waals surface area contributed by atoms with Crippen LogP contribution in [0, 0.1) is 20.8 Å². The molecule has 1 amide bonds. The molecule has 0 aliphatic rings. The first-order valence-corrected chi connectivity index (χ1v) is 7.62. The van der Waals surface area contributed by atoms with E-state index in [1.54, 1.807) is 6.26 Å². The van der Waals surface area contributed by atoms with Gasteiger partial charge in [0.1, 0.15) is 5.76 Å². The number of anilines is 1. The summed E-state index contributed by atoms with van der Waals surface area (Å²) in [5, 5.41) is 2.95. The number of aryl methyl sites for hydroxylation is 2. The average Bonchev–Trinajstić information content (AvgIpc) is 3.13. The molecule has 0 atom stereocenters. The van der Waals surface area contributed by atoms with Crippen molar-refractivity contribution in [1.82, 2.24) is 4.57 Å². The SMILES string of the molecule is Cc1ccc(NC(=O)c2cc(C)n(Cc3ccco3)c2C)cc1. The molecule has 0 saturated carbocycles. The van der Waals surface area contributed by atoms with E-state index in [-0.39, 0.29) is 5.91 Å². The summed E-state index contributed by atoms with van der Waals surface area (Å²) in [6, 6.07) is 13.5. The van der Waals surface area contributed by atoms with Gasteiger partial charge in [0.2, 0.25) is 0 Å². The van der Waals surface area contributed by atoms with E-state index in [1.165, 1.54) is 5.56 Å². The topological polar surface area (TPSA) is 47.2 Å². The van der Waals surface area contributed by atoms with Crippen molar-refractivity contribution in [3.05, 3.63) is 77.0 Å². The highest BCUT2D eigenvalue weighted by molar-refractivity contribution is 6.05. The monoisotopic (exact) mass is 308 g/mol. The smallest absolute Gasteiger partial charge is 0.257 e. The first-order chi connectivity index (χ1) is 11.0. The number of furan rings is 1. The van der Waals surface area contributed by atoms with E-state index in [9.17, 15) is 4.79 Å². The van der Waals surface area contributed by atoms with Gasteiger partial charge in [-0.2, -0.15) is 0 Å². The van der Waals surface area contributed by atoms with Crippen LogP contribution in [0.15, 0.2) is 53.1 Å². The van der Waals surface area contributed by atoms with E-state index in [2.05, 4.69) is 9.88 Å². The standard InChI is InChI=1S/C19H20N2O2/c1-13-6-8-16(9-7-13)20-19(22)18-11-14(2)21(15(18)3)12-17-5-4-10-23-17/h4-11H,12H2,1-3H3,(H,20,22). The second-order valence-electron chi connectivity index (χ2n) is 5.77. The van der Waals surface area contributed by atoms with Crippen molar-refractivity contribution in [3.63, 3.8) is 0 Å². The molecule has 0 spiro atoms. The van der Waals surface area contributed by atoms with Crippen molar-refractivity contribution < 1.29 is 9.21 Å². The van der Waals surface area contributed by atoms with Crippen LogP contribution in [-0.4, -0.2) is 10.5 Å². The molecule has 118 valence electrons. The van der Waals surface area contributed by atoms with E-state index in [0.717, 1.165) is 22.8 Å². The van der Waals surface area contributed by atoms with Gasteiger partial charge in [0.05, 0.1) is 18.4 Å².